The average molecular weight is 487 g/mol. The summed E-state index contributed by atoms with van der Waals surface area (Å²) in [6.07, 6.45) is 6.59. The van der Waals surface area contributed by atoms with Crippen molar-refractivity contribution < 1.29 is 19.3 Å². The van der Waals surface area contributed by atoms with Gasteiger partial charge in [-0.15, -0.1) is 0 Å². The number of ether oxygens (including phenoxy) is 3. The Labute approximate surface area is 215 Å². The highest BCUT2D eigenvalue weighted by atomic mass is 16.5. The molecule has 0 bridgehead atoms. The topological polar surface area (TPSA) is 47.9 Å². The van der Waals surface area contributed by atoms with Crippen molar-refractivity contribution in [1.82, 2.24) is 0 Å². The summed E-state index contributed by atoms with van der Waals surface area (Å²) >= 11 is 0. The van der Waals surface area contributed by atoms with E-state index in [-0.39, 0.29) is 18.8 Å². The molecule has 0 spiro atoms. The second-order valence-corrected chi connectivity index (χ2v) is 10.1. The van der Waals surface area contributed by atoms with Crippen molar-refractivity contribution in [2.24, 2.45) is 0 Å². The van der Waals surface area contributed by atoms with Gasteiger partial charge < -0.3 is 19.3 Å². The molecule has 2 aliphatic rings. The van der Waals surface area contributed by atoms with Gasteiger partial charge in [-0.1, -0.05) is 61.9 Å². The summed E-state index contributed by atoms with van der Waals surface area (Å²) in [5.74, 6) is 2.64. The van der Waals surface area contributed by atoms with Gasteiger partial charge in [-0.05, 0) is 71.7 Å². The molecule has 0 aromatic heterocycles. The maximum atomic E-state index is 8.92. The van der Waals surface area contributed by atoms with E-state index >= 15 is 0 Å². The van der Waals surface area contributed by atoms with E-state index in [1.165, 1.54) is 22.3 Å². The van der Waals surface area contributed by atoms with Gasteiger partial charge in [0, 0.05) is 18.8 Å². The van der Waals surface area contributed by atoms with Crippen LogP contribution in [0.5, 0.6) is 11.5 Å². The fourth-order valence-corrected chi connectivity index (χ4v) is 5.61. The Morgan fingerprint density at radius 1 is 0.833 bits per heavy atom. The van der Waals surface area contributed by atoms with Gasteiger partial charge in [0.15, 0.2) is 0 Å². The molecule has 5 rings (SSSR count). The lowest BCUT2D eigenvalue weighted by Crippen LogP contribution is -2.39. The number of hydrogen-bond donors (Lipinski definition) is 1. The van der Waals surface area contributed by atoms with E-state index in [1.54, 1.807) is 0 Å². The Hall–Kier alpha value is -2.82. The minimum absolute atomic E-state index is 0.0744. The Bertz CT molecular complexity index is 1090. The third kappa shape index (κ3) is 5.77. The van der Waals surface area contributed by atoms with Crippen LogP contribution in [-0.4, -0.2) is 37.1 Å². The van der Waals surface area contributed by atoms with Gasteiger partial charge in [0.1, 0.15) is 17.6 Å². The molecule has 0 heterocycles. The maximum Gasteiger partial charge on any atom is 0.119 e. The Morgan fingerprint density at radius 2 is 1.61 bits per heavy atom. The first-order valence-electron chi connectivity index (χ1n) is 13.5. The standard InChI is InChI=1S/C32H38O4/c1-2-3-18-34-27-14-16-31-25(20-27)11-15-30(23-7-5-4-6-8-23)32(31)24-9-12-26(13-10-24)36-29-21-28(22-29)35-19-17-33/h4-10,12-14,16,20,28-30,32-33H,2-3,11,15,17-19,21-22H2,1H3/t28?,29?,30-,32+/m1/s1. The highest BCUT2D eigenvalue weighted by Crippen LogP contribution is 2.47. The Kier molecular flexibility index (Phi) is 8.25. The van der Waals surface area contributed by atoms with Crippen molar-refractivity contribution in [3.63, 3.8) is 0 Å². The van der Waals surface area contributed by atoms with E-state index in [1.807, 2.05) is 0 Å². The molecule has 1 N–H and O–H groups in total. The van der Waals surface area contributed by atoms with E-state index < -0.39 is 0 Å². The lowest BCUT2D eigenvalue weighted by Gasteiger charge is -2.36. The molecule has 1 saturated carbocycles. The van der Waals surface area contributed by atoms with Crippen molar-refractivity contribution in [2.45, 2.75) is 69.5 Å². The summed E-state index contributed by atoms with van der Waals surface area (Å²) < 4.78 is 17.8. The van der Waals surface area contributed by atoms with E-state index in [2.05, 4.69) is 79.7 Å². The van der Waals surface area contributed by atoms with Crippen LogP contribution in [0.2, 0.25) is 0 Å². The summed E-state index contributed by atoms with van der Waals surface area (Å²) in [6.45, 7) is 3.45. The molecule has 36 heavy (non-hydrogen) atoms. The van der Waals surface area contributed by atoms with Crippen LogP contribution in [0.4, 0.5) is 0 Å². The van der Waals surface area contributed by atoms with Crippen LogP contribution in [-0.2, 0) is 11.2 Å². The highest BCUT2D eigenvalue weighted by molar-refractivity contribution is 5.48. The molecule has 0 aliphatic heterocycles. The van der Waals surface area contributed by atoms with E-state index in [0.717, 1.165) is 56.6 Å². The molecule has 3 aromatic rings. The fourth-order valence-electron chi connectivity index (χ4n) is 5.61. The van der Waals surface area contributed by atoms with Crippen LogP contribution in [0, 0.1) is 0 Å². The molecule has 0 saturated heterocycles. The molecule has 3 aromatic carbocycles. The molecule has 2 atom stereocenters. The average Bonchev–Trinajstić information content (AvgIpc) is 2.90. The van der Waals surface area contributed by atoms with Gasteiger partial charge in [-0.25, -0.2) is 0 Å². The van der Waals surface area contributed by atoms with Crippen LogP contribution in [0.25, 0.3) is 0 Å². The number of rotatable bonds is 11. The minimum Gasteiger partial charge on any atom is -0.494 e. The summed E-state index contributed by atoms with van der Waals surface area (Å²) in [5, 5.41) is 8.92. The van der Waals surface area contributed by atoms with E-state index in [9.17, 15) is 0 Å². The van der Waals surface area contributed by atoms with E-state index in [4.69, 9.17) is 19.3 Å². The number of aryl methyl sites for hydroxylation is 1. The van der Waals surface area contributed by atoms with Gasteiger partial charge in [-0.3, -0.25) is 0 Å². The first-order chi connectivity index (χ1) is 17.7. The zero-order chi connectivity index (χ0) is 24.7. The Balaban J connectivity index is 1.35. The quantitative estimate of drug-likeness (QED) is 0.308. The summed E-state index contributed by atoms with van der Waals surface area (Å²) in [6, 6.07) is 26.4. The summed E-state index contributed by atoms with van der Waals surface area (Å²) in [7, 11) is 0. The van der Waals surface area contributed by atoms with Gasteiger partial charge in [0.05, 0.1) is 25.9 Å². The Morgan fingerprint density at radius 3 is 2.36 bits per heavy atom. The number of hydrogen-bond acceptors (Lipinski definition) is 4. The maximum absolute atomic E-state index is 8.92. The number of unbranched alkanes of at least 4 members (excludes halogenated alkanes) is 1. The largest absolute Gasteiger partial charge is 0.494 e. The second-order valence-electron chi connectivity index (χ2n) is 10.1. The third-order valence-electron chi connectivity index (χ3n) is 7.61. The molecule has 1 fully saturated rings. The zero-order valence-corrected chi connectivity index (χ0v) is 21.3. The predicted molar refractivity (Wildman–Crippen MR) is 143 cm³/mol. The first-order valence-corrected chi connectivity index (χ1v) is 13.5. The first kappa shape index (κ1) is 24.9. The number of aliphatic hydroxyl groups is 1. The van der Waals surface area contributed by atoms with Crippen molar-refractivity contribution in [1.29, 1.82) is 0 Å². The van der Waals surface area contributed by atoms with Gasteiger partial charge in [0.25, 0.3) is 0 Å². The van der Waals surface area contributed by atoms with Crippen LogP contribution in [0.1, 0.15) is 73.1 Å². The van der Waals surface area contributed by atoms with Crippen molar-refractivity contribution >= 4 is 0 Å². The van der Waals surface area contributed by atoms with E-state index in [0.29, 0.717) is 18.4 Å². The second kappa shape index (κ2) is 11.9. The van der Waals surface area contributed by atoms with Crippen LogP contribution >= 0.6 is 0 Å². The molecule has 4 heteroatoms. The summed E-state index contributed by atoms with van der Waals surface area (Å²) in [4.78, 5) is 0. The minimum atomic E-state index is 0.0744. The SMILES string of the molecule is CCCCOc1ccc2c(c1)CC[C@H](c1ccccc1)[C@@H]2c1ccc(OC2CC(OCCO)C2)cc1. The third-order valence-corrected chi connectivity index (χ3v) is 7.61. The van der Waals surface area contributed by atoms with Gasteiger partial charge in [-0.2, -0.15) is 0 Å². The van der Waals surface area contributed by atoms with Crippen LogP contribution < -0.4 is 9.47 Å². The molecule has 0 amide bonds. The molecule has 0 unspecified atom stereocenters. The smallest absolute Gasteiger partial charge is 0.119 e. The molecule has 2 aliphatic carbocycles. The molecule has 4 nitrogen and oxygen atoms in total. The van der Waals surface area contributed by atoms with Crippen LogP contribution in [0.3, 0.4) is 0 Å². The van der Waals surface area contributed by atoms with Crippen molar-refractivity contribution in [3.8, 4) is 11.5 Å². The van der Waals surface area contributed by atoms with Crippen molar-refractivity contribution in [2.75, 3.05) is 19.8 Å². The molecule has 190 valence electrons. The molecule has 0 radical (unpaired) electrons. The van der Waals surface area contributed by atoms with Gasteiger partial charge in [0.2, 0.25) is 0 Å². The monoisotopic (exact) mass is 486 g/mol. The number of aliphatic hydroxyl groups excluding tert-OH is 1. The fraction of sp³-hybridized carbons (Fsp3) is 0.438. The predicted octanol–water partition coefficient (Wildman–Crippen LogP) is 6.65. The molecular weight excluding hydrogens is 448 g/mol. The highest BCUT2D eigenvalue weighted by Gasteiger charge is 2.33. The number of benzene rings is 3. The van der Waals surface area contributed by atoms with Crippen LogP contribution in [0.15, 0.2) is 72.8 Å². The van der Waals surface area contributed by atoms with Crippen molar-refractivity contribution in [3.05, 3.63) is 95.1 Å². The number of fused-ring (bicyclic) bond motifs is 1. The summed E-state index contributed by atoms with van der Waals surface area (Å²) in [5.41, 5.74) is 5.55. The lowest BCUT2D eigenvalue weighted by molar-refractivity contribution is -0.0688. The molecular formula is C32H38O4. The zero-order valence-electron chi connectivity index (χ0n) is 21.3. The normalized spacial score (nSPS) is 22.9. The van der Waals surface area contributed by atoms with Gasteiger partial charge >= 0.3 is 0 Å². The lowest BCUT2D eigenvalue weighted by atomic mass is 9.69.